The van der Waals surface area contributed by atoms with Gasteiger partial charge in [-0.1, -0.05) is 0 Å². The first-order valence-corrected chi connectivity index (χ1v) is 6.67. The minimum Gasteiger partial charge on any atom is -0.496 e. The molecule has 2 heterocycles. The predicted molar refractivity (Wildman–Crippen MR) is 68.8 cm³/mol. The highest BCUT2D eigenvalue weighted by Gasteiger charge is 2.30. The third-order valence-electron chi connectivity index (χ3n) is 3.09. The minimum absolute atomic E-state index is 0.111. The second-order valence-electron chi connectivity index (χ2n) is 4.42. The van der Waals surface area contributed by atoms with Crippen molar-refractivity contribution in [1.29, 1.82) is 0 Å². The first-order chi connectivity index (χ1) is 8.13. The van der Waals surface area contributed by atoms with Crippen LogP contribution in [-0.2, 0) is 0 Å². The fourth-order valence-electron chi connectivity index (χ4n) is 2.20. The van der Waals surface area contributed by atoms with Crippen LogP contribution in [0.5, 0.6) is 5.75 Å². The molecule has 1 aliphatic heterocycles. The molecule has 1 aromatic rings. The van der Waals surface area contributed by atoms with Gasteiger partial charge in [0.25, 0.3) is 5.91 Å². The number of rotatable bonds is 2. The fourth-order valence-corrected chi connectivity index (χ4v) is 3.00. The topological polar surface area (TPSA) is 41.6 Å². The number of amides is 1. The first kappa shape index (κ1) is 12.4. The Morgan fingerprint density at radius 3 is 2.65 bits per heavy atom. The maximum absolute atomic E-state index is 12.4. The predicted octanol–water partition coefficient (Wildman–Crippen LogP) is 1.58. The van der Waals surface area contributed by atoms with Crippen molar-refractivity contribution in [3.8, 4) is 5.75 Å². The summed E-state index contributed by atoms with van der Waals surface area (Å²) in [5.41, 5.74) is 0. The van der Waals surface area contributed by atoms with Crippen molar-refractivity contribution in [2.45, 2.75) is 25.9 Å². The fraction of sp³-hybridized carbons (Fsp3) is 0.583. The van der Waals surface area contributed by atoms with Crippen LogP contribution < -0.4 is 10.1 Å². The molecule has 5 heteroatoms. The Morgan fingerprint density at radius 1 is 1.47 bits per heavy atom. The molecule has 2 atom stereocenters. The third-order valence-corrected chi connectivity index (χ3v) is 3.98. The number of thiophene rings is 1. The third kappa shape index (κ3) is 2.45. The Bertz CT molecular complexity index is 395. The number of hydrogen-bond acceptors (Lipinski definition) is 4. The summed E-state index contributed by atoms with van der Waals surface area (Å²) in [6.45, 7) is 5.87. The molecule has 1 aliphatic rings. The van der Waals surface area contributed by atoms with Crippen molar-refractivity contribution >= 4 is 17.2 Å². The number of hydrogen-bond donors (Lipinski definition) is 1. The molecule has 1 amide bonds. The van der Waals surface area contributed by atoms with Gasteiger partial charge < -0.3 is 15.0 Å². The number of ether oxygens (including phenoxy) is 1. The van der Waals surface area contributed by atoms with E-state index in [9.17, 15) is 4.79 Å². The summed E-state index contributed by atoms with van der Waals surface area (Å²) in [6.07, 6.45) is 0. The van der Waals surface area contributed by atoms with Crippen LogP contribution in [0.1, 0.15) is 23.5 Å². The molecule has 1 N–H and O–H groups in total. The Balaban J connectivity index is 2.17. The average Bonchev–Trinajstić information content (AvgIpc) is 2.77. The number of nitrogens with zero attached hydrogens (tertiary/aromatic N) is 1. The lowest BCUT2D eigenvalue weighted by atomic mass is 10.1. The van der Waals surface area contributed by atoms with Gasteiger partial charge in [-0.25, -0.2) is 0 Å². The van der Waals surface area contributed by atoms with Crippen LogP contribution in [0.2, 0.25) is 0 Å². The summed E-state index contributed by atoms with van der Waals surface area (Å²) in [7, 11) is 1.62. The summed E-state index contributed by atoms with van der Waals surface area (Å²) in [6, 6.07) is 2.28. The normalized spacial score (nSPS) is 24.8. The number of piperazine rings is 1. The van der Waals surface area contributed by atoms with Crippen molar-refractivity contribution in [3.63, 3.8) is 0 Å². The van der Waals surface area contributed by atoms with Gasteiger partial charge in [-0.3, -0.25) is 4.79 Å². The van der Waals surface area contributed by atoms with Gasteiger partial charge in [0.2, 0.25) is 0 Å². The highest BCUT2D eigenvalue weighted by atomic mass is 32.1. The Hall–Kier alpha value is -1.07. The first-order valence-electron chi connectivity index (χ1n) is 5.79. The molecule has 2 rings (SSSR count). The molecule has 1 saturated heterocycles. The van der Waals surface area contributed by atoms with E-state index < -0.39 is 0 Å². The van der Waals surface area contributed by atoms with Crippen molar-refractivity contribution in [2.75, 3.05) is 20.2 Å². The molecule has 0 saturated carbocycles. The van der Waals surface area contributed by atoms with E-state index in [2.05, 4.69) is 19.2 Å². The molecule has 2 unspecified atom stereocenters. The van der Waals surface area contributed by atoms with E-state index in [-0.39, 0.29) is 18.0 Å². The van der Waals surface area contributed by atoms with Crippen LogP contribution in [0, 0.1) is 0 Å². The molecule has 1 aromatic heterocycles. The van der Waals surface area contributed by atoms with Gasteiger partial charge in [0.1, 0.15) is 5.75 Å². The molecule has 94 valence electrons. The summed E-state index contributed by atoms with van der Waals surface area (Å²) < 4.78 is 5.11. The molecular weight excluding hydrogens is 236 g/mol. The monoisotopic (exact) mass is 254 g/mol. The highest BCUT2D eigenvalue weighted by molar-refractivity contribution is 7.12. The van der Waals surface area contributed by atoms with Gasteiger partial charge in [-0.2, -0.15) is 0 Å². The SMILES string of the molecule is COc1csc(C(=O)N2C(C)CNCC2C)c1. The smallest absolute Gasteiger partial charge is 0.264 e. The Morgan fingerprint density at radius 2 is 2.12 bits per heavy atom. The largest absolute Gasteiger partial charge is 0.496 e. The second-order valence-corrected chi connectivity index (χ2v) is 5.33. The Kier molecular flexibility index (Phi) is 3.69. The number of nitrogens with one attached hydrogen (secondary N) is 1. The van der Waals surface area contributed by atoms with Gasteiger partial charge in [0.15, 0.2) is 0 Å². The molecule has 1 fully saturated rings. The van der Waals surface area contributed by atoms with Crippen molar-refractivity contribution < 1.29 is 9.53 Å². The van der Waals surface area contributed by atoms with Gasteiger partial charge in [0, 0.05) is 36.6 Å². The number of carbonyl (C=O) groups is 1. The van der Waals surface area contributed by atoms with E-state index in [4.69, 9.17) is 4.74 Å². The standard InChI is InChI=1S/C12H18N2O2S/c1-8-5-13-6-9(2)14(8)12(15)11-4-10(16-3)7-17-11/h4,7-9,13H,5-6H2,1-3H3. The Labute approximate surface area is 106 Å². The molecule has 17 heavy (non-hydrogen) atoms. The molecular formula is C12H18N2O2S. The average molecular weight is 254 g/mol. The van der Waals surface area contributed by atoms with E-state index in [1.54, 1.807) is 7.11 Å². The molecule has 0 aromatic carbocycles. The molecule has 4 nitrogen and oxygen atoms in total. The lowest BCUT2D eigenvalue weighted by Gasteiger charge is -2.39. The maximum Gasteiger partial charge on any atom is 0.264 e. The van der Waals surface area contributed by atoms with Crippen LogP contribution in [0.15, 0.2) is 11.4 Å². The zero-order valence-corrected chi connectivity index (χ0v) is 11.2. The zero-order chi connectivity index (χ0) is 12.4. The molecule has 0 aliphatic carbocycles. The van der Waals surface area contributed by atoms with Gasteiger partial charge in [-0.15, -0.1) is 11.3 Å². The second kappa shape index (κ2) is 5.06. The number of methoxy groups -OCH3 is 1. The lowest BCUT2D eigenvalue weighted by molar-refractivity contribution is 0.0549. The lowest BCUT2D eigenvalue weighted by Crippen LogP contribution is -2.57. The van der Waals surface area contributed by atoms with E-state index in [1.165, 1.54) is 11.3 Å². The van der Waals surface area contributed by atoms with Crippen molar-refractivity contribution in [2.24, 2.45) is 0 Å². The summed E-state index contributed by atoms with van der Waals surface area (Å²) >= 11 is 1.44. The van der Waals surface area contributed by atoms with Crippen LogP contribution in [0.25, 0.3) is 0 Å². The van der Waals surface area contributed by atoms with Crippen molar-refractivity contribution in [1.82, 2.24) is 10.2 Å². The van der Waals surface area contributed by atoms with Crippen LogP contribution in [-0.4, -0.2) is 43.1 Å². The quantitative estimate of drug-likeness (QED) is 0.871. The highest BCUT2D eigenvalue weighted by Crippen LogP contribution is 2.24. The van der Waals surface area contributed by atoms with Gasteiger partial charge in [0.05, 0.1) is 12.0 Å². The van der Waals surface area contributed by atoms with Gasteiger partial charge >= 0.3 is 0 Å². The summed E-state index contributed by atoms with van der Waals surface area (Å²) in [4.78, 5) is 15.1. The van der Waals surface area contributed by atoms with Crippen LogP contribution in [0.3, 0.4) is 0 Å². The van der Waals surface area contributed by atoms with E-state index in [1.807, 2.05) is 16.3 Å². The molecule has 0 bridgehead atoms. The maximum atomic E-state index is 12.4. The van der Waals surface area contributed by atoms with Gasteiger partial charge in [-0.05, 0) is 13.8 Å². The van der Waals surface area contributed by atoms with Crippen LogP contribution >= 0.6 is 11.3 Å². The van der Waals surface area contributed by atoms with Crippen molar-refractivity contribution in [3.05, 3.63) is 16.3 Å². The number of carbonyl (C=O) groups excluding carboxylic acids is 1. The molecule has 0 radical (unpaired) electrons. The van der Waals surface area contributed by atoms with Crippen LogP contribution in [0.4, 0.5) is 0 Å². The van der Waals surface area contributed by atoms with E-state index in [0.717, 1.165) is 23.7 Å². The van der Waals surface area contributed by atoms with E-state index in [0.29, 0.717) is 0 Å². The minimum atomic E-state index is 0.111. The summed E-state index contributed by atoms with van der Waals surface area (Å²) in [5, 5.41) is 5.19. The van der Waals surface area contributed by atoms with E-state index >= 15 is 0 Å². The summed E-state index contributed by atoms with van der Waals surface area (Å²) in [5.74, 6) is 0.869. The molecule has 0 spiro atoms. The zero-order valence-electron chi connectivity index (χ0n) is 10.4.